The zero-order chi connectivity index (χ0) is 55.3. The van der Waals surface area contributed by atoms with Crippen molar-refractivity contribution in [1.29, 1.82) is 0 Å². The maximum absolute atomic E-state index is 6.22. The van der Waals surface area contributed by atoms with Gasteiger partial charge in [0.2, 0.25) is 0 Å². The van der Waals surface area contributed by atoms with Gasteiger partial charge in [0.25, 0.3) is 0 Å². The summed E-state index contributed by atoms with van der Waals surface area (Å²) < 4.78 is 25.9. The number of hydrogen-bond donors (Lipinski definition) is 0. The second kappa shape index (κ2) is 28.2. The zero-order valence-corrected chi connectivity index (χ0v) is 53.5. The summed E-state index contributed by atoms with van der Waals surface area (Å²) in [5, 5.41) is 2.71. The van der Waals surface area contributed by atoms with E-state index in [1.54, 1.807) is 20.1 Å². The molecule has 0 bridgehead atoms. The molecule has 0 saturated carbocycles. The van der Waals surface area contributed by atoms with Gasteiger partial charge in [0.15, 0.2) is 0 Å². The third-order valence-corrected chi connectivity index (χ3v) is 32.8. The second-order valence-electron chi connectivity index (χ2n) is 22.1. The Morgan fingerprint density at radius 3 is 1.54 bits per heavy atom. The number of benzene rings is 3. The van der Waals surface area contributed by atoms with Crippen molar-refractivity contribution in [2.24, 2.45) is 11.8 Å². The summed E-state index contributed by atoms with van der Waals surface area (Å²) in [6.45, 7) is 15.7. The van der Waals surface area contributed by atoms with Crippen molar-refractivity contribution in [1.82, 2.24) is 18.7 Å². The van der Waals surface area contributed by atoms with Crippen LogP contribution in [-0.2, 0) is 0 Å². The molecule has 2 atom stereocenters. The molecule has 9 aromatic rings. The number of ether oxygens (including phenoxy) is 2. The fourth-order valence-electron chi connectivity index (χ4n) is 12.0. The zero-order valence-electron chi connectivity index (χ0n) is 48.1. The van der Waals surface area contributed by atoms with Crippen LogP contribution in [0.25, 0.3) is 62.7 Å². The Balaban J connectivity index is 1.02. The molecule has 0 spiro atoms. The van der Waals surface area contributed by atoms with Crippen LogP contribution in [0.4, 0.5) is 17.1 Å². The van der Waals surface area contributed by atoms with E-state index in [9.17, 15) is 0 Å². The Kier molecular flexibility index (Phi) is 20.5. The van der Waals surface area contributed by atoms with E-state index in [4.69, 9.17) is 23.2 Å². The molecule has 80 heavy (non-hydrogen) atoms. The van der Waals surface area contributed by atoms with Gasteiger partial charge in [0, 0.05) is 12.4 Å². The van der Waals surface area contributed by atoms with Crippen LogP contribution < -0.4 is 23.2 Å². The number of aromatic nitrogens is 4. The fraction of sp³-hybridized carbons (Fsp3) is 0.412. The van der Waals surface area contributed by atoms with Gasteiger partial charge in [-0.15, -0.1) is 0 Å². The first-order valence-electron chi connectivity index (χ1n) is 30.2. The van der Waals surface area contributed by atoms with Crippen LogP contribution in [0.2, 0.25) is 10.5 Å². The van der Waals surface area contributed by atoms with Crippen LogP contribution in [0.5, 0.6) is 11.5 Å². The molecule has 1 aliphatic heterocycles. The first kappa shape index (κ1) is 58.0. The Morgan fingerprint density at radius 2 is 0.988 bits per heavy atom. The van der Waals surface area contributed by atoms with Gasteiger partial charge < -0.3 is 9.47 Å². The predicted octanol–water partition coefficient (Wildman–Crippen LogP) is 20.7. The fourth-order valence-corrected chi connectivity index (χ4v) is 32.4. The van der Waals surface area contributed by atoms with Crippen LogP contribution >= 0.6 is 45.7 Å². The van der Waals surface area contributed by atoms with E-state index in [2.05, 4.69) is 167 Å². The van der Waals surface area contributed by atoms with E-state index < -0.39 is 13.3 Å². The van der Waals surface area contributed by atoms with Crippen LogP contribution in [0, 0.1) is 11.8 Å². The van der Waals surface area contributed by atoms with Gasteiger partial charge in [-0.2, -0.15) is 0 Å². The molecule has 7 nitrogen and oxygen atoms in total. The first-order valence-corrected chi connectivity index (χ1v) is 38.4. The van der Waals surface area contributed by atoms with Crippen molar-refractivity contribution >= 4 is 95.9 Å². The standard InChI is InChI=1S/C68H81GeN5O2S4/c1-7-13-17-19-41-75-55-31-27-53(28-32-55)74(54-29-33-56(34-30-54)76-42-20-18-14-8-2)52-25-23-50(24-26-52)62-43-58-67(78-62)68-59(69(58,45-48(11-5)21-15-9-3)46-49(12-6)22-16-10-4)44-63(79-68)57-47-71-65(66-64(57)72-80-73-66)61-36-35-60(77-61)51-37-39-70-40-38-51/h23-40,43-44,47-49H,7-22,41-42,45-46H2,1-6H3. The summed E-state index contributed by atoms with van der Waals surface area (Å²) in [4.78, 5) is 19.9. The van der Waals surface area contributed by atoms with Crippen molar-refractivity contribution in [2.45, 2.75) is 155 Å². The Morgan fingerprint density at radius 1 is 0.487 bits per heavy atom. The van der Waals surface area contributed by atoms with Crippen molar-refractivity contribution < 1.29 is 9.47 Å². The molecule has 12 heteroatoms. The molecule has 0 radical (unpaired) electrons. The number of anilines is 3. The van der Waals surface area contributed by atoms with Crippen LogP contribution in [0.3, 0.4) is 0 Å². The molecular weight excluding hydrogens is 1120 g/mol. The van der Waals surface area contributed by atoms with Gasteiger partial charge in [0.1, 0.15) is 0 Å². The molecule has 3 aromatic carbocycles. The first-order chi connectivity index (χ1) is 39.4. The van der Waals surface area contributed by atoms with Gasteiger partial charge in [-0.1, -0.05) is 52.4 Å². The van der Waals surface area contributed by atoms with Gasteiger partial charge in [0.05, 0.1) is 13.2 Å². The molecule has 0 saturated heterocycles. The quantitative estimate of drug-likeness (QED) is 0.0317. The molecule has 10 rings (SSSR count). The second-order valence-corrected chi connectivity index (χ2v) is 34.3. The van der Waals surface area contributed by atoms with E-state index in [1.165, 1.54) is 142 Å². The van der Waals surface area contributed by atoms with Crippen molar-refractivity contribution in [3.63, 3.8) is 0 Å². The van der Waals surface area contributed by atoms with Crippen molar-refractivity contribution in [2.75, 3.05) is 18.1 Å². The van der Waals surface area contributed by atoms with Gasteiger partial charge >= 0.3 is 394 Å². The molecule has 0 fully saturated rings. The van der Waals surface area contributed by atoms with E-state index in [-0.39, 0.29) is 0 Å². The van der Waals surface area contributed by atoms with E-state index in [1.807, 2.05) is 35.1 Å². The average Bonchev–Trinajstić information content (AvgIpc) is 4.53. The number of hydrogen-bond acceptors (Lipinski definition) is 11. The van der Waals surface area contributed by atoms with Gasteiger partial charge in [-0.3, -0.25) is 4.98 Å². The summed E-state index contributed by atoms with van der Waals surface area (Å²) >= 11 is 3.98. The molecule has 0 aliphatic carbocycles. The van der Waals surface area contributed by atoms with E-state index in [0.29, 0.717) is 11.8 Å². The average molecular weight is 1200 g/mol. The Bertz CT molecular complexity index is 3270. The Hall–Kier alpha value is -5.18. The number of pyridine rings is 2. The van der Waals surface area contributed by atoms with Crippen LogP contribution in [-0.4, -0.2) is 45.2 Å². The topological polar surface area (TPSA) is 73.3 Å². The summed E-state index contributed by atoms with van der Waals surface area (Å²) in [5.41, 5.74) is 9.64. The van der Waals surface area contributed by atoms with Crippen molar-refractivity contribution in [3.05, 3.63) is 128 Å². The molecule has 7 heterocycles. The number of unbranched alkanes of at least 4 members (excludes halogenated alkanes) is 8. The van der Waals surface area contributed by atoms with E-state index in [0.717, 1.165) is 87.3 Å². The predicted molar refractivity (Wildman–Crippen MR) is 349 cm³/mol. The third kappa shape index (κ3) is 13.2. The Labute approximate surface area is 496 Å². The molecule has 0 N–H and O–H groups in total. The molecule has 2 unspecified atom stereocenters. The molecule has 1 aliphatic rings. The normalized spacial score (nSPS) is 14.6. The number of rotatable bonds is 31. The van der Waals surface area contributed by atoms with Crippen LogP contribution in [0.1, 0.15) is 144 Å². The summed E-state index contributed by atoms with van der Waals surface area (Å²) in [6, 6.07) is 40.6. The minimum atomic E-state index is -3.11. The monoisotopic (exact) mass is 1200 g/mol. The summed E-state index contributed by atoms with van der Waals surface area (Å²) in [5.74, 6) is 3.26. The SMILES string of the molecule is CCCCCCOc1ccc(N(c2ccc(OCCCCCC)cc2)c2ccc(-c3c[c]4c(s3)-c3sc(-c5cnc(-c6ccc(-c7ccncc7)s6)c6nsnc56)c[c]3[Ge]4([CH2]C(CC)CCCC)[CH2]C(CC)CCCC)cc2)cc1. The third-order valence-electron chi connectivity index (χ3n) is 16.6. The number of nitrogens with zero attached hydrogens (tertiary/aromatic N) is 5. The molecule has 0 amide bonds. The number of thiophene rings is 3. The minimum absolute atomic E-state index is 0.713. The summed E-state index contributed by atoms with van der Waals surface area (Å²) in [7, 11) is 0. The van der Waals surface area contributed by atoms with Gasteiger partial charge in [-0.05, 0) is 12.8 Å². The van der Waals surface area contributed by atoms with Gasteiger partial charge in [-0.25, -0.2) is 0 Å². The molecule has 418 valence electrons. The summed E-state index contributed by atoms with van der Waals surface area (Å²) in [6.07, 6.45) is 25.5. The van der Waals surface area contributed by atoms with Crippen molar-refractivity contribution in [3.8, 4) is 63.1 Å². The maximum atomic E-state index is 6.22. The van der Waals surface area contributed by atoms with Crippen LogP contribution in [0.15, 0.2) is 128 Å². The number of fused-ring (bicyclic) bond motifs is 4. The molecular formula is C68H81GeN5O2S4. The molecule has 6 aromatic heterocycles. The van der Waals surface area contributed by atoms with E-state index >= 15 is 0 Å².